The van der Waals surface area contributed by atoms with Crippen molar-refractivity contribution in [3.63, 3.8) is 0 Å². The molecule has 2 aromatic heterocycles. The molecule has 3 heterocycles. The maximum atomic E-state index is 12.9. The molecule has 0 spiro atoms. The number of oxime groups is 1. The van der Waals surface area contributed by atoms with Crippen LogP contribution in [-0.2, 0) is 9.63 Å². The summed E-state index contributed by atoms with van der Waals surface area (Å²) in [5.41, 5.74) is 5.60. The largest absolute Gasteiger partial charge is 0.497 e. The Balaban J connectivity index is 1.29. The molecule has 8 nitrogen and oxygen atoms in total. The fourth-order valence-electron chi connectivity index (χ4n) is 5.13. The van der Waals surface area contributed by atoms with Gasteiger partial charge in [-0.05, 0) is 60.2 Å². The second kappa shape index (κ2) is 10.8. The minimum absolute atomic E-state index is 0.387. The molecule has 0 bridgehead atoms. The van der Waals surface area contributed by atoms with E-state index in [1.165, 1.54) is 11.8 Å². The summed E-state index contributed by atoms with van der Waals surface area (Å²) >= 11 is 1.28. The number of hydrogen-bond acceptors (Lipinski definition) is 8. The summed E-state index contributed by atoms with van der Waals surface area (Å²) in [6.45, 7) is 1.95. The third-order valence-corrected chi connectivity index (χ3v) is 8.30. The number of aryl methyl sites for hydroxylation is 1. The highest BCUT2D eigenvalue weighted by Gasteiger charge is 2.31. The number of para-hydroxylation sites is 1. The van der Waals surface area contributed by atoms with E-state index in [0.29, 0.717) is 22.9 Å². The van der Waals surface area contributed by atoms with Gasteiger partial charge in [-0.1, -0.05) is 71.5 Å². The molecule has 1 aliphatic rings. The molecule has 206 valence electrons. The first-order valence-electron chi connectivity index (χ1n) is 13.5. The maximum Gasteiger partial charge on any atom is 0.348 e. The van der Waals surface area contributed by atoms with Crippen LogP contribution in [0.2, 0.25) is 0 Å². The van der Waals surface area contributed by atoms with E-state index in [0.717, 1.165) is 50.1 Å². The van der Waals surface area contributed by atoms with Gasteiger partial charge in [-0.2, -0.15) is 5.10 Å². The van der Waals surface area contributed by atoms with Gasteiger partial charge in [0, 0.05) is 17.5 Å². The number of carbonyl (C=O) groups is 1. The third kappa shape index (κ3) is 4.77. The molecular formula is C33H25N5O3S. The summed E-state index contributed by atoms with van der Waals surface area (Å²) in [5.74, 6) is 0.327. The van der Waals surface area contributed by atoms with Crippen LogP contribution < -0.4 is 4.74 Å². The van der Waals surface area contributed by atoms with E-state index in [2.05, 4.69) is 29.4 Å². The van der Waals surface area contributed by atoms with Crippen LogP contribution in [-0.4, -0.2) is 43.8 Å². The molecule has 1 aliphatic heterocycles. The first kappa shape index (κ1) is 25.9. The molecule has 0 N–H and O–H groups in total. The Morgan fingerprint density at radius 3 is 2.40 bits per heavy atom. The van der Waals surface area contributed by atoms with Crippen LogP contribution in [0.15, 0.2) is 107 Å². The Labute approximate surface area is 246 Å². The average Bonchev–Trinajstić information content (AvgIpc) is 3.38. The first-order chi connectivity index (χ1) is 20.6. The standard InChI is InChI=1S/C33H25N5O3S/c1-20-29-30(22-14-16-26(40-2)17-15-22)34-33(35-31(29)38(36-20)25-10-4-3-5-11-25)42-28-19-27(37-41-32(28)39)24-13-12-21-8-6-7-9-23(21)18-24/h3-18,28H,19H2,1-2H3. The highest BCUT2D eigenvalue weighted by Crippen LogP contribution is 2.35. The molecule has 42 heavy (non-hydrogen) atoms. The van der Waals surface area contributed by atoms with Gasteiger partial charge in [-0.3, -0.25) is 0 Å². The number of aromatic nitrogens is 4. The smallest absolute Gasteiger partial charge is 0.348 e. The van der Waals surface area contributed by atoms with Crippen molar-refractivity contribution >= 4 is 45.2 Å². The molecule has 9 heteroatoms. The van der Waals surface area contributed by atoms with Crippen molar-refractivity contribution in [3.8, 4) is 22.7 Å². The predicted molar refractivity (Wildman–Crippen MR) is 164 cm³/mol. The van der Waals surface area contributed by atoms with E-state index in [4.69, 9.17) is 24.6 Å². The number of carbonyl (C=O) groups excluding carboxylic acids is 1. The molecule has 1 atom stereocenters. The van der Waals surface area contributed by atoms with Crippen LogP contribution in [0, 0.1) is 6.92 Å². The van der Waals surface area contributed by atoms with Crippen LogP contribution in [0.3, 0.4) is 0 Å². The van der Waals surface area contributed by atoms with Gasteiger partial charge < -0.3 is 9.57 Å². The third-order valence-electron chi connectivity index (χ3n) is 7.26. The number of hydrogen-bond donors (Lipinski definition) is 0. The van der Waals surface area contributed by atoms with Crippen molar-refractivity contribution in [3.05, 3.63) is 108 Å². The van der Waals surface area contributed by atoms with Gasteiger partial charge in [0.2, 0.25) is 0 Å². The fraction of sp³-hybridized carbons (Fsp3) is 0.121. The number of rotatable bonds is 6. The number of thioether (sulfide) groups is 1. The van der Waals surface area contributed by atoms with E-state index in [1.807, 2.05) is 84.4 Å². The molecule has 0 saturated carbocycles. The van der Waals surface area contributed by atoms with E-state index >= 15 is 0 Å². The second-order valence-corrected chi connectivity index (χ2v) is 11.1. The van der Waals surface area contributed by atoms with Gasteiger partial charge in [0.1, 0.15) is 11.0 Å². The SMILES string of the molecule is COc1ccc(-c2nc(SC3CC(c4ccc5ccccc5c4)=NOC3=O)nc3c2c(C)nn3-c2ccccc2)cc1. The van der Waals surface area contributed by atoms with Crippen molar-refractivity contribution in [2.75, 3.05) is 7.11 Å². The number of methoxy groups -OCH3 is 1. The highest BCUT2D eigenvalue weighted by atomic mass is 32.2. The topological polar surface area (TPSA) is 91.5 Å². The summed E-state index contributed by atoms with van der Waals surface area (Å²) in [4.78, 5) is 28.2. The molecule has 4 aromatic carbocycles. The normalized spacial score (nSPS) is 15.0. The lowest BCUT2D eigenvalue weighted by molar-refractivity contribution is -0.143. The van der Waals surface area contributed by atoms with Crippen molar-refractivity contribution < 1.29 is 14.4 Å². The Bertz CT molecular complexity index is 1990. The van der Waals surface area contributed by atoms with Crippen LogP contribution in [0.25, 0.3) is 38.8 Å². The van der Waals surface area contributed by atoms with Crippen molar-refractivity contribution in [2.45, 2.75) is 23.8 Å². The van der Waals surface area contributed by atoms with Crippen molar-refractivity contribution in [1.29, 1.82) is 0 Å². The van der Waals surface area contributed by atoms with E-state index in [1.54, 1.807) is 7.11 Å². The Morgan fingerprint density at radius 1 is 0.881 bits per heavy atom. The van der Waals surface area contributed by atoms with Crippen LogP contribution >= 0.6 is 11.8 Å². The molecule has 0 amide bonds. The molecule has 0 aliphatic carbocycles. The van der Waals surface area contributed by atoms with E-state index in [9.17, 15) is 4.79 Å². The summed E-state index contributed by atoms with van der Waals surface area (Å²) in [6, 6.07) is 31.9. The maximum absolute atomic E-state index is 12.9. The summed E-state index contributed by atoms with van der Waals surface area (Å²) < 4.78 is 7.19. The number of nitrogens with zero attached hydrogens (tertiary/aromatic N) is 5. The lowest BCUT2D eigenvalue weighted by Gasteiger charge is -2.19. The quantitative estimate of drug-likeness (QED) is 0.161. The zero-order valence-corrected chi connectivity index (χ0v) is 23.7. The first-order valence-corrected chi connectivity index (χ1v) is 14.4. The van der Waals surface area contributed by atoms with Crippen molar-refractivity contribution in [2.24, 2.45) is 5.16 Å². The highest BCUT2D eigenvalue weighted by molar-refractivity contribution is 8.00. The minimum Gasteiger partial charge on any atom is -0.497 e. The van der Waals surface area contributed by atoms with E-state index in [-0.39, 0.29) is 0 Å². The average molecular weight is 572 g/mol. The number of benzene rings is 4. The Kier molecular flexibility index (Phi) is 6.64. The summed E-state index contributed by atoms with van der Waals surface area (Å²) in [5, 5.41) is 11.9. The van der Waals surface area contributed by atoms with Gasteiger partial charge in [0.25, 0.3) is 0 Å². The molecule has 0 radical (unpaired) electrons. The summed E-state index contributed by atoms with van der Waals surface area (Å²) in [6.07, 6.45) is 0.387. The van der Waals surface area contributed by atoms with Crippen LogP contribution in [0.4, 0.5) is 0 Å². The van der Waals surface area contributed by atoms with Gasteiger partial charge in [0.15, 0.2) is 10.8 Å². The van der Waals surface area contributed by atoms with Crippen LogP contribution in [0.1, 0.15) is 17.7 Å². The fourth-order valence-corrected chi connectivity index (χ4v) is 6.05. The zero-order chi connectivity index (χ0) is 28.6. The number of ether oxygens (including phenoxy) is 1. The van der Waals surface area contributed by atoms with Gasteiger partial charge in [-0.15, -0.1) is 0 Å². The molecule has 6 aromatic rings. The zero-order valence-electron chi connectivity index (χ0n) is 22.9. The minimum atomic E-state index is -0.570. The van der Waals surface area contributed by atoms with Gasteiger partial charge in [-0.25, -0.2) is 19.4 Å². The van der Waals surface area contributed by atoms with Crippen LogP contribution in [0.5, 0.6) is 5.75 Å². The molecule has 0 fully saturated rings. The molecule has 7 rings (SSSR count). The Morgan fingerprint density at radius 2 is 1.62 bits per heavy atom. The molecule has 1 unspecified atom stereocenters. The van der Waals surface area contributed by atoms with Crippen molar-refractivity contribution in [1.82, 2.24) is 19.7 Å². The van der Waals surface area contributed by atoms with Gasteiger partial charge in [0.05, 0.1) is 35.3 Å². The molecular weight excluding hydrogens is 546 g/mol. The Hall–Kier alpha value is -5.02. The summed E-state index contributed by atoms with van der Waals surface area (Å²) in [7, 11) is 1.64. The van der Waals surface area contributed by atoms with Gasteiger partial charge >= 0.3 is 5.97 Å². The lowest BCUT2D eigenvalue weighted by Crippen LogP contribution is -2.28. The monoisotopic (exact) mass is 571 g/mol. The molecule has 0 saturated heterocycles. The van der Waals surface area contributed by atoms with E-state index < -0.39 is 11.2 Å². The number of fused-ring (bicyclic) bond motifs is 2. The second-order valence-electron chi connectivity index (χ2n) is 9.94. The predicted octanol–water partition coefficient (Wildman–Crippen LogP) is 6.76. The lowest BCUT2D eigenvalue weighted by atomic mass is 10.0.